The zero-order valence-electron chi connectivity index (χ0n) is 11.3. The van der Waals surface area contributed by atoms with E-state index in [1.54, 1.807) is 0 Å². The number of aromatic nitrogens is 2. The van der Waals surface area contributed by atoms with Gasteiger partial charge in [0, 0.05) is 4.47 Å². The highest BCUT2D eigenvalue weighted by Gasteiger charge is 2.19. The van der Waals surface area contributed by atoms with Gasteiger partial charge in [-0.05, 0) is 37.6 Å². The van der Waals surface area contributed by atoms with E-state index in [0.29, 0.717) is 0 Å². The summed E-state index contributed by atoms with van der Waals surface area (Å²) < 4.78 is 8.13. The minimum absolute atomic E-state index is 0.0187. The molecule has 0 aliphatic heterocycles. The van der Waals surface area contributed by atoms with Crippen molar-refractivity contribution in [1.29, 1.82) is 5.26 Å². The van der Waals surface area contributed by atoms with Gasteiger partial charge in [0.15, 0.2) is 5.56 Å². The molecule has 0 fully saturated rings. The van der Waals surface area contributed by atoms with Crippen LogP contribution in [-0.4, -0.2) is 15.9 Å². The van der Waals surface area contributed by atoms with Crippen molar-refractivity contribution in [3.8, 4) is 17.6 Å². The summed E-state index contributed by atoms with van der Waals surface area (Å²) >= 11 is 3.37. The van der Waals surface area contributed by atoms with Gasteiger partial charge in [-0.15, -0.1) is 5.10 Å². The Balaban J connectivity index is 2.45. The van der Waals surface area contributed by atoms with E-state index in [1.165, 1.54) is 4.68 Å². The fourth-order valence-corrected chi connectivity index (χ4v) is 1.92. The topological polar surface area (TPSA) is 76.9 Å². The summed E-state index contributed by atoms with van der Waals surface area (Å²) in [7, 11) is 0. The number of nitrogens with two attached hydrogens (primary N) is 1. The Morgan fingerprint density at radius 3 is 2.65 bits per heavy atom. The van der Waals surface area contributed by atoms with Crippen LogP contribution in [-0.2, 0) is 0 Å². The lowest BCUT2D eigenvalue weighted by Crippen LogP contribution is -2.11. The largest absolute Gasteiger partial charge is 0.473 e. The van der Waals surface area contributed by atoms with Gasteiger partial charge in [-0.2, -0.15) is 5.26 Å². The molecule has 1 unspecified atom stereocenters. The normalized spacial score (nSPS) is 11.9. The van der Waals surface area contributed by atoms with Gasteiger partial charge in [-0.3, -0.25) is 0 Å². The lowest BCUT2D eigenvalue weighted by molar-refractivity contribution is 0.207. The van der Waals surface area contributed by atoms with Gasteiger partial charge in [0.2, 0.25) is 0 Å². The van der Waals surface area contributed by atoms with Gasteiger partial charge in [0.1, 0.15) is 11.9 Å². The number of nitrogens with zero attached hydrogens (tertiary/aromatic N) is 3. The minimum atomic E-state index is -0.0187. The second-order valence-corrected chi connectivity index (χ2v) is 5.32. The quantitative estimate of drug-likeness (QED) is 0.930. The van der Waals surface area contributed by atoms with Gasteiger partial charge in [0.05, 0.1) is 11.8 Å². The van der Waals surface area contributed by atoms with E-state index in [4.69, 9.17) is 10.5 Å². The predicted octanol–water partition coefficient (Wildman–Crippen LogP) is 3.27. The highest BCUT2D eigenvalue weighted by molar-refractivity contribution is 9.10. The average molecular weight is 335 g/mol. The molecule has 0 amide bonds. The second kappa shape index (κ2) is 5.97. The van der Waals surface area contributed by atoms with E-state index in [1.807, 2.05) is 38.1 Å². The SMILES string of the molecule is CCC(C)Oc1nn(-c2ccc(Br)cc2)c(N)c1C#N. The third-order valence-electron chi connectivity index (χ3n) is 2.96. The molecule has 2 aromatic rings. The lowest BCUT2D eigenvalue weighted by Gasteiger charge is -2.09. The Hall–Kier alpha value is -2.00. The zero-order valence-corrected chi connectivity index (χ0v) is 12.9. The van der Waals surface area contributed by atoms with Crippen molar-refractivity contribution in [2.75, 3.05) is 5.73 Å². The summed E-state index contributed by atoms with van der Waals surface area (Å²) in [5.41, 5.74) is 7.04. The number of ether oxygens (including phenoxy) is 1. The first-order chi connectivity index (χ1) is 9.56. The fourth-order valence-electron chi connectivity index (χ4n) is 1.65. The molecule has 104 valence electrons. The van der Waals surface area contributed by atoms with Crippen molar-refractivity contribution in [2.24, 2.45) is 0 Å². The van der Waals surface area contributed by atoms with E-state index in [-0.39, 0.29) is 23.4 Å². The fraction of sp³-hybridized carbons (Fsp3) is 0.286. The molecule has 6 heteroatoms. The second-order valence-electron chi connectivity index (χ2n) is 4.40. The molecule has 1 aromatic heterocycles. The van der Waals surface area contributed by atoms with Crippen LogP contribution >= 0.6 is 15.9 Å². The molecule has 0 spiro atoms. The van der Waals surface area contributed by atoms with Crippen LogP contribution in [0.1, 0.15) is 25.8 Å². The number of hydrogen-bond acceptors (Lipinski definition) is 4. The molecule has 5 nitrogen and oxygen atoms in total. The molecule has 20 heavy (non-hydrogen) atoms. The molecular weight excluding hydrogens is 320 g/mol. The highest BCUT2D eigenvalue weighted by Crippen LogP contribution is 2.27. The molecule has 1 atom stereocenters. The molecule has 0 bridgehead atoms. The van der Waals surface area contributed by atoms with E-state index >= 15 is 0 Å². The van der Waals surface area contributed by atoms with Crippen LogP contribution in [0, 0.1) is 11.3 Å². The van der Waals surface area contributed by atoms with Gasteiger partial charge < -0.3 is 10.5 Å². The zero-order chi connectivity index (χ0) is 14.7. The summed E-state index contributed by atoms with van der Waals surface area (Å²) in [5, 5.41) is 13.5. The Labute approximate surface area is 126 Å². The molecule has 2 rings (SSSR count). The van der Waals surface area contributed by atoms with Crippen molar-refractivity contribution >= 4 is 21.7 Å². The summed E-state index contributed by atoms with van der Waals surface area (Å²) in [6, 6.07) is 9.55. The van der Waals surface area contributed by atoms with Crippen LogP contribution in [0.15, 0.2) is 28.7 Å². The van der Waals surface area contributed by atoms with E-state index in [9.17, 15) is 5.26 Å². The number of halogens is 1. The maximum absolute atomic E-state index is 9.22. The lowest BCUT2D eigenvalue weighted by atomic mass is 10.3. The minimum Gasteiger partial charge on any atom is -0.473 e. The summed E-state index contributed by atoms with van der Waals surface area (Å²) in [5.74, 6) is 0.565. The van der Waals surface area contributed by atoms with Crippen molar-refractivity contribution in [3.05, 3.63) is 34.3 Å². The molecule has 2 N–H and O–H groups in total. The van der Waals surface area contributed by atoms with Crippen molar-refractivity contribution in [2.45, 2.75) is 26.4 Å². The highest BCUT2D eigenvalue weighted by atomic mass is 79.9. The number of anilines is 1. The predicted molar refractivity (Wildman–Crippen MR) is 80.8 cm³/mol. The van der Waals surface area contributed by atoms with Crippen LogP contribution in [0.2, 0.25) is 0 Å². The summed E-state index contributed by atoms with van der Waals surface area (Å²) in [4.78, 5) is 0. The Bertz CT molecular complexity index is 642. The molecule has 0 aliphatic rings. The third kappa shape index (κ3) is 2.78. The maximum atomic E-state index is 9.22. The molecule has 0 aliphatic carbocycles. The third-order valence-corrected chi connectivity index (χ3v) is 3.49. The van der Waals surface area contributed by atoms with Crippen molar-refractivity contribution in [1.82, 2.24) is 9.78 Å². The Kier molecular flexibility index (Phi) is 4.30. The number of nitriles is 1. The summed E-state index contributed by atoms with van der Waals surface area (Å²) in [6.07, 6.45) is 0.811. The van der Waals surface area contributed by atoms with E-state index in [2.05, 4.69) is 27.1 Å². The van der Waals surface area contributed by atoms with Gasteiger partial charge >= 0.3 is 0 Å². The first-order valence-corrected chi connectivity index (χ1v) is 7.07. The van der Waals surface area contributed by atoms with Gasteiger partial charge in [-0.25, -0.2) is 4.68 Å². The van der Waals surface area contributed by atoms with Crippen LogP contribution < -0.4 is 10.5 Å². The summed E-state index contributed by atoms with van der Waals surface area (Å²) in [6.45, 7) is 3.93. The smallest absolute Gasteiger partial charge is 0.253 e. The molecular formula is C14H15BrN4O. The average Bonchev–Trinajstić information content (AvgIpc) is 2.75. The first kappa shape index (κ1) is 14.4. The van der Waals surface area contributed by atoms with Crippen molar-refractivity contribution in [3.63, 3.8) is 0 Å². The van der Waals surface area contributed by atoms with Crippen LogP contribution in [0.3, 0.4) is 0 Å². The molecule has 1 aromatic carbocycles. The molecule has 0 radical (unpaired) electrons. The molecule has 0 saturated carbocycles. The Morgan fingerprint density at radius 2 is 2.10 bits per heavy atom. The number of hydrogen-bond donors (Lipinski definition) is 1. The number of benzene rings is 1. The van der Waals surface area contributed by atoms with Gasteiger partial charge in [-0.1, -0.05) is 22.9 Å². The first-order valence-electron chi connectivity index (χ1n) is 6.28. The monoisotopic (exact) mass is 334 g/mol. The Morgan fingerprint density at radius 1 is 1.45 bits per heavy atom. The number of nitrogen functional groups attached to an aromatic ring is 1. The standard InChI is InChI=1S/C14H15BrN4O/c1-3-9(2)20-14-12(8-16)13(17)19(18-14)11-6-4-10(15)5-7-11/h4-7,9H,3,17H2,1-2H3. The van der Waals surface area contributed by atoms with E-state index < -0.39 is 0 Å². The van der Waals surface area contributed by atoms with Gasteiger partial charge in [0.25, 0.3) is 5.88 Å². The van der Waals surface area contributed by atoms with Crippen molar-refractivity contribution < 1.29 is 4.74 Å². The van der Waals surface area contributed by atoms with Crippen LogP contribution in [0.5, 0.6) is 5.88 Å². The van der Waals surface area contributed by atoms with E-state index in [0.717, 1.165) is 16.6 Å². The molecule has 0 saturated heterocycles. The van der Waals surface area contributed by atoms with Crippen LogP contribution in [0.4, 0.5) is 5.82 Å². The molecule has 1 heterocycles. The number of rotatable bonds is 4. The maximum Gasteiger partial charge on any atom is 0.253 e. The van der Waals surface area contributed by atoms with Crippen LogP contribution in [0.25, 0.3) is 5.69 Å².